The van der Waals surface area contributed by atoms with Gasteiger partial charge in [0.15, 0.2) is 0 Å². The zero-order valence-electron chi connectivity index (χ0n) is 10.1. The van der Waals surface area contributed by atoms with Crippen LogP contribution in [0.25, 0.3) is 0 Å². The summed E-state index contributed by atoms with van der Waals surface area (Å²) in [4.78, 5) is 0. The lowest BCUT2D eigenvalue weighted by molar-refractivity contribution is -0.173. The molecule has 0 aromatic rings. The zero-order valence-corrected chi connectivity index (χ0v) is 10.9. The standard InChI is InChI=1S/C11H20F3NO.ClH/c1-9-4-2-3-5-10(9)15-6-7-16-8-11(12,13)14;/h9-10,15H,2-8H2,1H3;1H. The van der Waals surface area contributed by atoms with Crippen molar-refractivity contribution in [2.75, 3.05) is 19.8 Å². The maximum Gasteiger partial charge on any atom is 0.411 e. The molecule has 0 amide bonds. The second-order valence-corrected chi connectivity index (χ2v) is 4.49. The largest absolute Gasteiger partial charge is 0.411 e. The number of alkyl halides is 3. The zero-order chi connectivity index (χ0) is 12.0. The van der Waals surface area contributed by atoms with Gasteiger partial charge in [0.05, 0.1) is 6.61 Å². The maximum absolute atomic E-state index is 11.8. The summed E-state index contributed by atoms with van der Waals surface area (Å²) in [6, 6.07) is 0.447. The Morgan fingerprint density at radius 1 is 1.24 bits per heavy atom. The fraction of sp³-hybridized carbons (Fsp3) is 1.00. The summed E-state index contributed by atoms with van der Waals surface area (Å²) in [6.07, 6.45) is 0.606. The number of hydrogen-bond acceptors (Lipinski definition) is 2. The molecule has 0 spiro atoms. The van der Waals surface area contributed by atoms with E-state index in [2.05, 4.69) is 17.0 Å². The molecule has 0 radical (unpaired) electrons. The van der Waals surface area contributed by atoms with Crippen LogP contribution >= 0.6 is 12.4 Å². The first-order valence-electron chi connectivity index (χ1n) is 5.87. The topological polar surface area (TPSA) is 21.3 Å². The van der Waals surface area contributed by atoms with E-state index >= 15 is 0 Å². The molecule has 1 saturated carbocycles. The van der Waals surface area contributed by atoms with Crippen LogP contribution in [-0.4, -0.2) is 32.0 Å². The highest BCUT2D eigenvalue weighted by Gasteiger charge is 2.27. The SMILES string of the molecule is CC1CCCCC1NCCOCC(F)(F)F.Cl. The van der Waals surface area contributed by atoms with Crippen LogP contribution in [0.1, 0.15) is 32.6 Å². The predicted octanol–water partition coefficient (Wildman–Crippen LogP) is 3.16. The van der Waals surface area contributed by atoms with Gasteiger partial charge in [-0.25, -0.2) is 0 Å². The molecule has 0 heterocycles. The summed E-state index contributed by atoms with van der Waals surface area (Å²) in [5.74, 6) is 0.622. The van der Waals surface area contributed by atoms with Gasteiger partial charge >= 0.3 is 6.18 Å². The molecule has 2 nitrogen and oxygen atoms in total. The van der Waals surface area contributed by atoms with Crippen molar-refractivity contribution in [1.82, 2.24) is 5.32 Å². The average Bonchev–Trinajstić information content (AvgIpc) is 2.18. The Morgan fingerprint density at radius 3 is 2.47 bits per heavy atom. The van der Waals surface area contributed by atoms with Crippen LogP contribution in [0.4, 0.5) is 13.2 Å². The van der Waals surface area contributed by atoms with Crippen LogP contribution in [0.5, 0.6) is 0 Å². The van der Waals surface area contributed by atoms with Crippen LogP contribution in [-0.2, 0) is 4.74 Å². The molecule has 2 atom stereocenters. The first-order valence-corrected chi connectivity index (χ1v) is 5.87. The van der Waals surface area contributed by atoms with E-state index in [9.17, 15) is 13.2 Å². The molecule has 2 unspecified atom stereocenters. The van der Waals surface area contributed by atoms with E-state index in [1.807, 2.05) is 0 Å². The predicted molar refractivity (Wildman–Crippen MR) is 63.5 cm³/mol. The highest BCUT2D eigenvalue weighted by atomic mass is 35.5. The lowest BCUT2D eigenvalue weighted by Gasteiger charge is -2.29. The van der Waals surface area contributed by atoms with E-state index in [0.29, 0.717) is 18.5 Å². The van der Waals surface area contributed by atoms with Crippen molar-refractivity contribution < 1.29 is 17.9 Å². The molecule has 1 N–H and O–H groups in total. The van der Waals surface area contributed by atoms with Crippen LogP contribution in [0.15, 0.2) is 0 Å². The van der Waals surface area contributed by atoms with Crippen LogP contribution in [0.3, 0.4) is 0 Å². The number of hydrogen-bond donors (Lipinski definition) is 1. The normalized spacial score (nSPS) is 25.4. The minimum atomic E-state index is -4.21. The molecule has 0 saturated heterocycles. The van der Waals surface area contributed by atoms with Gasteiger partial charge < -0.3 is 10.1 Å². The van der Waals surface area contributed by atoms with Crippen molar-refractivity contribution >= 4 is 12.4 Å². The van der Waals surface area contributed by atoms with Gasteiger partial charge in [-0.3, -0.25) is 0 Å². The maximum atomic E-state index is 11.8. The monoisotopic (exact) mass is 275 g/mol. The lowest BCUT2D eigenvalue weighted by Crippen LogP contribution is -2.39. The number of ether oxygens (including phenoxy) is 1. The smallest absolute Gasteiger partial charge is 0.371 e. The minimum absolute atomic E-state index is 0. The molecule has 0 aromatic carbocycles. The van der Waals surface area contributed by atoms with Crippen molar-refractivity contribution in [3.63, 3.8) is 0 Å². The van der Waals surface area contributed by atoms with Crippen molar-refractivity contribution in [2.45, 2.75) is 44.8 Å². The third-order valence-electron chi connectivity index (χ3n) is 3.03. The van der Waals surface area contributed by atoms with Crippen molar-refractivity contribution in [3.05, 3.63) is 0 Å². The Hall–Kier alpha value is -0.0000000000000000555. The summed E-state index contributed by atoms with van der Waals surface area (Å²) in [5, 5.41) is 3.27. The third-order valence-corrected chi connectivity index (χ3v) is 3.03. The summed E-state index contributed by atoms with van der Waals surface area (Å²) in [5.41, 5.74) is 0. The summed E-state index contributed by atoms with van der Waals surface area (Å²) >= 11 is 0. The molecule has 6 heteroatoms. The van der Waals surface area contributed by atoms with E-state index in [4.69, 9.17) is 0 Å². The molecule has 1 aliphatic rings. The summed E-state index contributed by atoms with van der Waals surface area (Å²) in [6.45, 7) is 1.68. The van der Waals surface area contributed by atoms with E-state index in [0.717, 1.165) is 6.42 Å². The van der Waals surface area contributed by atoms with Crippen molar-refractivity contribution in [1.29, 1.82) is 0 Å². The quantitative estimate of drug-likeness (QED) is 0.778. The van der Waals surface area contributed by atoms with Crippen molar-refractivity contribution in [2.24, 2.45) is 5.92 Å². The highest BCUT2D eigenvalue weighted by molar-refractivity contribution is 5.85. The van der Waals surface area contributed by atoms with Gasteiger partial charge in [0, 0.05) is 12.6 Å². The molecule has 104 valence electrons. The van der Waals surface area contributed by atoms with E-state index in [1.165, 1.54) is 19.3 Å². The van der Waals surface area contributed by atoms with E-state index in [-0.39, 0.29) is 19.0 Å². The molecular formula is C11H21ClF3NO. The molecule has 0 bridgehead atoms. The van der Waals surface area contributed by atoms with Crippen LogP contribution in [0, 0.1) is 5.92 Å². The second-order valence-electron chi connectivity index (χ2n) is 4.49. The number of rotatable bonds is 5. The molecule has 1 aliphatic carbocycles. The lowest BCUT2D eigenvalue weighted by atomic mass is 9.86. The number of nitrogens with one attached hydrogen (secondary N) is 1. The van der Waals surface area contributed by atoms with E-state index in [1.54, 1.807) is 0 Å². The molecule has 17 heavy (non-hydrogen) atoms. The highest BCUT2D eigenvalue weighted by Crippen LogP contribution is 2.23. The third kappa shape index (κ3) is 7.84. The Bertz CT molecular complexity index is 202. The van der Waals surface area contributed by atoms with Gasteiger partial charge in [0.2, 0.25) is 0 Å². The Morgan fingerprint density at radius 2 is 1.88 bits per heavy atom. The Kier molecular flexibility index (Phi) is 8.16. The summed E-state index contributed by atoms with van der Waals surface area (Å²) in [7, 11) is 0. The van der Waals surface area contributed by atoms with E-state index < -0.39 is 12.8 Å². The molecule has 1 fully saturated rings. The first-order chi connectivity index (χ1) is 7.49. The van der Waals surface area contributed by atoms with Gasteiger partial charge in [-0.1, -0.05) is 19.8 Å². The van der Waals surface area contributed by atoms with Crippen LogP contribution in [0.2, 0.25) is 0 Å². The Balaban J connectivity index is 0.00000256. The molecule has 1 rings (SSSR count). The fourth-order valence-corrected chi connectivity index (χ4v) is 2.12. The van der Waals surface area contributed by atoms with Gasteiger partial charge in [0.1, 0.15) is 6.61 Å². The fourth-order valence-electron chi connectivity index (χ4n) is 2.12. The molecule has 0 aliphatic heterocycles. The van der Waals surface area contributed by atoms with Crippen LogP contribution < -0.4 is 5.32 Å². The van der Waals surface area contributed by atoms with Gasteiger partial charge in [-0.15, -0.1) is 12.4 Å². The molecule has 0 aromatic heterocycles. The average molecular weight is 276 g/mol. The summed E-state index contributed by atoms with van der Waals surface area (Å²) < 4.78 is 39.8. The van der Waals surface area contributed by atoms with Gasteiger partial charge in [-0.2, -0.15) is 13.2 Å². The van der Waals surface area contributed by atoms with Gasteiger partial charge in [0.25, 0.3) is 0 Å². The Labute approximate surface area is 107 Å². The first kappa shape index (κ1) is 17.0. The number of halogens is 4. The molecular weight excluding hydrogens is 255 g/mol. The van der Waals surface area contributed by atoms with Gasteiger partial charge in [-0.05, 0) is 18.8 Å². The second kappa shape index (κ2) is 8.16. The van der Waals surface area contributed by atoms with Crippen molar-refractivity contribution in [3.8, 4) is 0 Å². The minimum Gasteiger partial charge on any atom is -0.371 e.